The molecule has 1 aromatic heterocycles. The molecular formula is C21H22ClN3O2. The summed E-state index contributed by atoms with van der Waals surface area (Å²) in [5.41, 5.74) is 3.74. The summed E-state index contributed by atoms with van der Waals surface area (Å²) in [6.07, 6.45) is 0. The monoisotopic (exact) mass is 383 g/mol. The normalized spacial score (nSPS) is 10.7. The molecule has 0 radical (unpaired) electrons. The first-order valence-corrected chi connectivity index (χ1v) is 9.19. The Kier molecular flexibility index (Phi) is 5.81. The highest BCUT2D eigenvalue weighted by Gasteiger charge is 2.19. The first-order valence-electron chi connectivity index (χ1n) is 8.81. The minimum absolute atomic E-state index is 0.181. The number of nitrogens with one attached hydrogen (secondary N) is 1. The Bertz CT molecular complexity index is 949. The lowest BCUT2D eigenvalue weighted by molar-refractivity contribution is 0.102. The molecular weight excluding hydrogens is 362 g/mol. The Balaban J connectivity index is 1.79. The number of amides is 1. The molecule has 6 heteroatoms. The van der Waals surface area contributed by atoms with Gasteiger partial charge in [-0.05, 0) is 56.7 Å². The number of halogens is 1. The second-order valence-electron chi connectivity index (χ2n) is 6.21. The van der Waals surface area contributed by atoms with Crippen molar-refractivity contribution in [3.8, 4) is 5.75 Å². The van der Waals surface area contributed by atoms with E-state index in [2.05, 4.69) is 10.4 Å². The summed E-state index contributed by atoms with van der Waals surface area (Å²) >= 11 is 6.25. The van der Waals surface area contributed by atoms with Crippen molar-refractivity contribution in [2.75, 3.05) is 11.9 Å². The lowest BCUT2D eigenvalue weighted by Crippen LogP contribution is -2.14. The van der Waals surface area contributed by atoms with E-state index in [1.165, 1.54) is 0 Å². The molecule has 0 fully saturated rings. The lowest BCUT2D eigenvalue weighted by atomic mass is 10.1. The topological polar surface area (TPSA) is 56.1 Å². The smallest absolute Gasteiger partial charge is 0.259 e. The van der Waals surface area contributed by atoms with Crippen LogP contribution in [0.4, 0.5) is 5.69 Å². The number of ether oxygens (including phenoxy) is 1. The van der Waals surface area contributed by atoms with E-state index in [-0.39, 0.29) is 5.91 Å². The van der Waals surface area contributed by atoms with E-state index in [1.54, 1.807) is 0 Å². The zero-order valence-electron chi connectivity index (χ0n) is 15.6. The molecule has 1 N–H and O–H groups in total. The zero-order chi connectivity index (χ0) is 19.4. The van der Waals surface area contributed by atoms with Crippen LogP contribution in [0, 0.1) is 13.8 Å². The fourth-order valence-corrected chi connectivity index (χ4v) is 3.16. The van der Waals surface area contributed by atoms with Crippen molar-refractivity contribution < 1.29 is 9.53 Å². The summed E-state index contributed by atoms with van der Waals surface area (Å²) in [6.45, 7) is 6.78. The van der Waals surface area contributed by atoms with Gasteiger partial charge in [0.2, 0.25) is 0 Å². The highest BCUT2D eigenvalue weighted by atomic mass is 35.5. The van der Waals surface area contributed by atoms with Crippen molar-refractivity contribution in [3.05, 3.63) is 76.1 Å². The van der Waals surface area contributed by atoms with Crippen LogP contribution in [0.1, 0.15) is 34.2 Å². The number of aryl methyl sites for hydroxylation is 1. The molecule has 2 aromatic carbocycles. The fourth-order valence-electron chi connectivity index (χ4n) is 2.96. The summed E-state index contributed by atoms with van der Waals surface area (Å²) in [5.74, 6) is 0.593. The van der Waals surface area contributed by atoms with Crippen molar-refractivity contribution in [2.45, 2.75) is 27.3 Å². The van der Waals surface area contributed by atoms with Crippen LogP contribution in [0.25, 0.3) is 0 Å². The molecule has 27 heavy (non-hydrogen) atoms. The predicted octanol–water partition coefficient (Wildman–Crippen LogP) is 4.85. The summed E-state index contributed by atoms with van der Waals surface area (Å²) in [6, 6.07) is 14.9. The number of nitrogens with zero attached hydrogens (tertiary/aromatic N) is 2. The number of rotatable bonds is 6. The standard InChI is InChI=1S/C21H22ClN3O2/c1-4-27-18-11-9-17(10-12-18)23-21(26)20-14(2)24-25(15(20)3)13-16-7-5-6-8-19(16)22/h5-12H,4,13H2,1-3H3,(H,23,26). The summed E-state index contributed by atoms with van der Waals surface area (Å²) in [5, 5.41) is 8.13. The quantitative estimate of drug-likeness (QED) is 0.661. The third-order valence-corrected chi connectivity index (χ3v) is 4.68. The number of anilines is 1. The second kappa shape index (κ2) is 8.27. The molecule has 0 aliphatic rings. The Morgan fingerprint density at radius 3 is 2.52 bits per heavy atom. The Hall–Kier alpha value is -2.79. The van der Waals surface area contributed by atoms with Crippen LogP contribution in [-0.2, 0) is 6.54 Å². The van der Waals surface area contributed by atoms with E-state index in [1.807, 2.05) is 74.0 Å². The first kappa shape index (κ1) is 19.0. The van der Waals surface area contributed by atoms with Crippen molar-refractivity contribution in [1.82, 2.24) is 9.78 Å². The average molecular weight is 384 g/mol. The highest BCUT2D eigenvalue weighted by molar-refractivity contribution is 6.31. The maximum absolute atomic E-state index is 12.8. The SMILES string of the molecule is CCOc1ccc(NC(=O)c2c(C)nn(Cc3ccccc3Cl)c2C)cc1. The summed E-state index contributed by atoms with van der Waals surface area (Å²) in [7, 11) is 0. The van der Waals surface area contributed by atoms with Crippen molar-refractivity contribution in [2.24, 2.45) is 0 Å². The molecule has 0 aliphatic carbocycles. The van der Waals surface area contributed by atoms with Crippen LogP contribution in [0.5, 0.6) is 5.75 Å². The molecule has 0 spiro atoms. The average Bonchev–Trinajstić information content (AvgIpc) is 2.92. The molecule has 140 valence electrons. The molecule has 5 nitrogen and oxygen atoms in total. The van der Waals surface area contributed by atoms with Gasteiger partial charge in [-0.25, -0.2) is 0 Å². The van der Waals surface area contributed by atoms with E-state index in [9.17, 15) is 4.79 Å². The van der Waals surface area contributed by atoms with E-state index in [0.29, 0.717) is 35.1 Å². The van der Waals surface area contributed by atoms with Crippen molar-refractivity contribution >= 4 is 23.2 Å². The van der Waals surface area contributed by atoms with Crippen molar-refractivity contribution in [1.29, 1.82) is 0 Å². The van der Waals surface area contributed by atoms with E-state index >= 15 is 0 Å². The predicted molar refractivity (Wildman–Crippen MR) is 108 cm³/mol. The maximum Gasteiger partial charge on any atom is 0.259 e. The Morgan fingerprint density at radius 2 is 1.85 bits per heavy atom. The second-order valence-corrected chi connectivity index (χ2v) is 6.61. The molecule has 1 heterocycles. The number of benzene rings is 2. The van der Waals surface area contributed by atoms with Gasteiger partial charge in [0.25, 0.3) is 5.91 Å². The van der Waals surface area contributed by atoms with Gasteiger partial charge in [-0.1, -0.05) is 29.8 Å². The first-order chi connectivity index (χ1) is 13.0. The molecule has 0 bridgehead atoms. The van der Waals surface area contributed by atoms with E-state index < -0.39 is 0 Å². The third-order valence-electron chi connectivity index (χ3n) is 4.31. The van der Waals surface area contributed by atoms with Crippen LogP contribution < -0.4 is 10.1 Å². The Labute approximate surface area is 163 Å². The number of carbonyl (C=O) groups excluding carboxylic acids is 1. The largest absolute Gasteiger partial charge is 0.494 e. The minimum Gasteiger partial charge on any atom is -0.494 e. The Morgan fingerprint density at radius 1 is 1.15 bits per heavy atom. The number of aromatic nitrogens is 2. The van der Waals surface area contributed by atoms with Crippen molar-refractivity contribution in [3.63, 3.8) is 0 Å². The van der Waals surface area contributed by atoms with Crippen LogP contribution in [0.15, 0.2) is 48.5 Å². The van der Waals surface area contributed by atoms with Gasteiger partial charge >= 0.3 is 0 Å². The number of hydrogen-bond donors (Lipinski definition) is 1. The fraction of sp³-hybridized carbons (Fsp3) is 0.238. The van der Waals surface area contributed by atoms with Gasteiger partial charge in [-0.15, -0.1) is 0 Å². The molecule has 3 aromatic rings. The molecule has 0 aliphatic heterocycles. The van der Waals surface area contributed by atoms with E-state index in [4.69, 9.17) is 16.3 Å². The van der Waals surface area contributed by atoms with Crippen LogP contribution in [0.3, 0.4) is 0 Å². The van der Waals surface area contributed by atoms with Gasteiger partial charge in [0, 0.05) is 16.4 Å². The minimum atomic E-state index is -0.181. The molecule has 0 saturated heterocycles. The molecule has 0 atom stereocenters. The van der Waals surface area contributed by atoms with Gasteiger partial charge in [0.1, 0.15) is 5.75 Å². The third kappa shape index (κ3) is 4.31. The van der Waals surface area contributed by atoms with Gasteiger partial charge < -0.3 is 10.1 Å². The zero-order valence-corrected chi connectivity index (χ0v) is 16.4. The molecule has 1 amide bonds. The van der Waals surface area contributed by atoms with Crippen LogP contribution in [0.2, 0.25) is 5.02 Å². The maximum atomic E-state index is 12.8. The van der Waals surface area contributed by atoms with Crippen LogP contribution >= 0.6 is 11.6 Å². The van der Waals surface area contributed by atoms with E-state index in [0.717, 1.165) is 17.0 Å². The van der Waals surface area contributed by atoms with Gasteiger partial charge in [-0.2, -0.15) is 5.10 Å². The van der Waals surface area contributed by atoms with Gasteiger partial charge in [0.05, 0.1) is 24.4 Å². The molecule has 3 rings (SSSR count). The highest BCUT2D eigenvalue weighted by Crippen LogP contribution is 2.21. The summed E-state index contributed by atoms with van der Waals surface area (Å²) < 4.78 is 7.23. The van der Waals surface area contributed by atoms with Gasteiger partial charge in [-0.3, -0.25) is 9.48 Å². The summed E-state index contributed by atoms with van der Waals surface area (Å²) in [4.78, 5) is 12.8. The number of carbonyl (C=O) groups is 1. The molecule has 0 unspecified atom stereocenters. The molecule has 0 saturated carbocycles. The number of hydrogen-bond acceptors (Lipinski definition) is 3. The van der Waals surface area contributed by atoms with Crippen LogP contribution in [-0.4, -0.2) is 22.3 Å². The lowest BCUT2D eigenvalue weighted by Gasteiger charge is -2.09. The van der Waals surface area contributed by atoms with Gasteiger partial charge in [0.15, 0.2) is 0 Å².